The highest BCUT2D eigenvalue weighted by Gasteiger charge is 2.71. The van der Waals surface area contributed by atoms with Crippen LogP contribution in [0.15, 0.2) is 18.2 Å². The fraction of sp³-hybridized carbons (Fsp3) is 0.571. The van der Waals surface area contributed by atoms with Gasteiger partial charge in [0.1, 0.15) is 5.82 Å². The summed E-state index contributed by atoms with van der Waals surface area (Å²) in [5.74, 6) is -3.78. The Morgan fingerprint density at radius 1 is 1.24 bits per heavy atom. The Hall–Kier alpha value is -0.990. The highest BCUT2D eigenvalue weighted by Crippen LogP contribution is 2.67. The molecule has 0 amide bonds. The van der Waals surface area contributed by atoms with Crippen molar-refractivity contribution in [3.05, 3.63) is 35.1 Å². The van der Waals surface area contributed by atoms with Crippen LogP contribution in [0, 0.1) is 24.6 Å². The summed E-state index contributed by atoms with van der Waals surface area (Å²) in [7, 11) is 0. The number of benzene rings is 1. The molecule has 17 heavy (non-hydrogen) atoms. The van der Waals surface area contributed by atoms with Crippen LogP contribution in [-0.4, -0.2) is 5.92 Å². The topological polar surface area (TPSA) is 0 Å². The predicted octanol–water partition coefficient (Wildman–Crippen LogP) is 4.28. The van der Waals surface area contributed by atoms with E-state index in [-0.39, 0.29) is 11.7 Å². The van der Waals surface area contributed by atoms with Gasteiger partial charge < -0.3 is 0 Å². The van der Waals surface area contributed by atoms with E-state index in [4.69, 9.17) is 0 Å². The molecule has 0 spiro atoms. The molecular formula is C14H15F3. The maximum Gasteiger partial charge on any atom is 0.255 e. The van der Waals surface area contributed by atoms with E-state index < -0.39 is 17.8 Å². The molecule has 92 valence electrons. The lowest BCUT2D eigenvalue weighted by molar-refractivity contribution is 0.0824. The van der Waals surface area contributed by atoms with Gasteiger partial charge in [0.25, 0.3) is 5.92 Å². The number of halogens is 3. The summed E-state index contributed by atoms with van der Waals surface area (Å²) in [6, 6.07) is 4.51. The van der Waals surface area contributed by atoms with Gasteiger partial charge in [0.2, 0.25) is 0 Å². The maximum absolute atomic E-state index is 13.6. The minimum Gasteiger partial charge on any atom is -0.207 e. The zero-order valence-electron chi connectivity index (χ0n) is 9.72. The Morgan fingerprint density at radius 3 is 2.71 bits per heavy atom. The molecule has 0 N–H and O–H groups in total. The first-order chi connectivity index (χ1) is 8.01. The van der Waals surface area contributed by atoms with E-state index in [9.17, 15) is 13.2 Å². The van der Waals surface area contributed by atoms with Crippen LogP contribution in [0.2, 0.25) is 0 Å². The summed E-state index contributed by atoms with van der Waals surface area (Å²) >= 11 is 0. The molecule has 3 heteroatoms. The third-order valence-electron chi connectivity index (χ3n) is 4.36. The highest BCUT2D eigenvalue weighted by molar-refractivity contribution is 5.34. The Balaban J connectivity index is 1.94. The van der Waals surface area contributed by atoms with E-state index in [1.54, 1.807) is 6.07 Å². The quantitative estimate of drug-likeness (QED) is 0.687. The molecule has 0 radical (unpaired) electrons. The summed E-state index contributed by atoms with van der Waals surface area (Å²) in [5, 5.41) is 0. The van der Waals surface area contributed by atoms with Crippen LogP contribution in [0.4, 0.5) is 13.2 Å². The molecule has 2 aliphatic rings. The van der Waals surface area contributed by atoms with Crippen LogP contribution in [0.1, 0.15) is 36.3 Å². The van der Waals surface area contributed by atoms with Gasteiger partial charge >= 0.3 is 0 Å². The molecule has 3 atom stereocenters. The zero-order valence-corrected chi connectivity index (χ0v) is 9.72. The summed E-state index contributed by atoms with van der Waals surface area (Å²) in [6.07, 6.45) is 2.32. The first kappa shape index (κ1) is 11.1. The van der Waals surface area contributed by atoms with Crippen molar-refractivity contribution in [3.63, 3.8) is 0 Å². The predicted molar refractivity (Wildman–Crippen MR) is 59.7 cm³/mol. The second kappa shape index (κ2) is 3.50. The van der Waals surface area contributed by atoms with Gasteiger partial charge in [-0.25, -0.2) is 13.2 Å². The van der Waals surface area contributed by atoms with Crippen molar-refractivity contribution in [3.8, 4) is 0 Å². The molecule has 3 rings (SSSR count). The SMILES string of the molecule is Cc1cc(F)ccc1C1CCC[C@H]2C1C2(F)F. The summed E-state index contributed by atoms with van der Waals surface area (Å²) in [4.78, 5) is 0. The van der Waals surface area contributed by atoms with Crippen LogP contribution in [0.3, 0.4) is 0 Å². The molecule has 0 heterocycles. The second-order valence-corrected chi connectivity index (χ2v) is 5.35. The van der Waals surface area contributed by atoms with E-state index in [0.29, 0.717) is 6.42 Å². The van der Waals surface area contributed by atoms with Gasteiger partial charge in [-0.3, -0.25) is 0 Å². The lowest BCUT2D eigenvalue weighted by Crippen LogP contribution is -2.11. The van der Waals surface area contributed by atoms with Crippen molar-refractivity contribution in [2.24, 2.45) is 11.8 Å². The molecule has 2 aliphatic carbocycles. The summed E-state index contributed by atoms with van der Waals surface area (Å²) in [6.45, 7) is 1.81. The zero-order chi connectivity index (χ0) is 12.2. The van der Waals surface area contributed by atoms with Crippen LogP contribution in [0.5, 0.6) is 0 Å². The Morgan fingerprint density at radius 2 is 2.00 bits per heavy atom. The first-order valence-electron chi connectivity index (χ1n) is 6.15. The molecule has 0 nitrogen and oxygen atoms in total. The standard InChI is InChI=1S/C14H15F3/c1-8-7-9(15)5-6-10(8)11-3-2-4-12-13(11)14(12,16)17/h5-7,11-13H,2-4H2,1H3/t11?,12-,13?/m0/s1. The molecule has 0 bridgehead atoms. The van der Waals surface area contributed by atoms with Crippen LogP contribution in [0.25, 0.3) is 0 Å². The van der Waals surface area contributed by atoms with Crippen LogP contribution in [-0.2, 0) is 0 Å². The third kappa shape index (κ3) is 1.59. The minimum atomic E-state index is -2.48. The van der Waals surface area contributed by atoms with Crippen LogP contribution >= 0.6 is 0 Å². The van der Waals surface area contributed by atoms with E-state index in [0.717, 1.165) is 24.0 Å². The van der Waals surface area contributed by atoms with Crippen molar-refractivity contribution in [2.75, 3.05) is 0 Å². The smallest absolute Gasteiger partial charge is 0.207 e. The summed E-state index contributed by atoms with van der Waals surface area (Å²) < 4.78 is 40.2. The average Bonchev–Trinajstić information content (AvgIpc) is 2.82. The lowest BCUT2D eigenvalue weighted by Gasteiger charge is -2.22. The van der Waals surface area contributed by atoms with Crippen molar-refractivity contribution in [1.82, 2.24) is 0 Å². The molecule has 2 fully saturated rings. The number of aryl methyl sites for hydroxylation is 1. The third-order valence-corrected chi connectivity index (χ3v) is 4.36. The lowest BCUT2D eigenvalue weighted by atomic mass is 9.82. The Kier molecular flexibility index (Phi) is 2.29. The van der Waals surface area contributed by atoms with Crippen LogP contribution < -0.4 is 0 Å². The fourth-order valence-electron chi connectivity index (χ4n) is 3.48. The molecular weight excluding hydrogens is 225 g/mol. The first-order valence-corrected chi connectivity index (χ1v) is 6.15. The number of fused-ring (bicyclic) bond motifs is 1. The Bertz CT molecular complexity index is 453. The average molecular weight is 240 g/mol. The summed E-state index contributed by atoms with van der Waals surface area (Å²) in [5.41, 5.74) is 1.72. The minimum absolute atomic E-state index is 0.0793. The van der Waals surface area contributed by atoms with Gasteiger partial charge in [-0.2, -0.15) is 0 Å². The van der Waals surface area contributed by atoms with E-state index in [1.165, 1.54) is 12.1 Å². The molecule has 2 unspecified atom stereocenters. The van der Waals surface area contributed by atoms with Crippen molar-refractivity contribution in [2.45, 2.75) is 38.0 Å². The van der Waals surface area contributed by atoms with Gasteiger partial charge in [0.05, 0.1) is 0 Å². The largest absolute Gasteiger partial charge is 0.255 e. The van der Waals surface area contributed by atoms with Crippen molar-refractivity contribution >= 4 is 0 Å². The normalized spacial score (nSPS) is 34.2. The molecule has 1 aromatic carbocycles. The van der Waals surface area contributed by atoms with Gasteiger partial charge in [-0.05, 0) is 48.9 Å². The molecule has 0 aliphatic heterocycles. The van der Waals surface area contributed by atoms with Crippen molar-refractivity contribution in [1.29, 1.82) is 0 Å². The fourth-order valence-corrected chi connectivity index (χ4v) is 3.48. The molecule has 1 aromatic rings. The monoisotopic (exact) mass is 240 g/mol. The molecule has 0 saturated heterocycles. The number of rotatable bonds is 1. The van der Waals surface area contributed by atoms with Gasteiger partial charge in [-0.1, -0.05) is 12.5 Å². The van der Waals surface area contributed by atoms with E-state index >= 15 is 0 Å². The van der Waals surface area contributed by atoms with E-state index in [2.05, 4.69) is 0 Å². The van der Waals surface area contributed by atoms with Gasteiger partial charge in [0, 0.05) is 11.8 Å². The number of hydrogen-bond acceptors (Lipinski definition) is 0. The van der Waals surface area contributed by atoms with Gasteiger partial charge in [-0.15, -0.1) is 0 Å². The highest BCUT2D eigenvalue weighted by atomic mass is 19.3. The molecule has 2 saturated carbocycles. The maximum atomic E-state index is 13.6. The van der Waals surface area contributed by atoms with Crippen molar-refractivity contribution < 1.29 is 13.2 Å². The van der Waals surface area contributed by atoms with E-state index in [1.807, 2.05) is 6.92 Å². The number of alkyl halides is 2. The second-order valence-electron chi connectivity index (χ2n) is 5.35. The molecule has 0 aromatic heterocycles. The number of hydrogen-bond donors (Lipinski definition) is 0. The Labute approximate surface area is 98.8 Å². The van der Waals surface area contributed by atoms with Gasteiger partial charge in [0.15, 0.2) is 0 Å².